The summed E-state index contributed by atoms with van der Waals surface area (Å²) in [5.41, 5.74) is 1.30. The van der Waals surface area contributed by atoms with E-state index in [2.05, 4.69) is 5.10 Å². The monoisotopic (exact) mass is 256 g/mol. The fraction of sp³-hybridized carbons (Fsp3) is 0.385. The van der Waals surface area contributed by atoms with Crippen molar-refractivity contribution in [2.24, 2.45) is 0 Å². The standard InChI is InChI=1S/C13H13BN2O3/c14-8-4-5-10-9(7-8)12(13(17)18)15-16(10)11-3-1-2-6-19-11/h4-5,7,11H,1-3,6H2,(H,17,18). The van der Waals surface area contributed by atoms with Crippen LogP contribution in [0.5, 0.6) is 0 Å². The van der Waals surface area contributed by atoms with Gasteiger partial charge in [-0.2, -0.15) is 5.10 Å². The summed E-state index contributed by atoms with van der Waals surface area (Å²) in [5, 5.41) is 14.0. The maximum atomic E-state index is 11.3. The second-order valence-electron chi connectivity index (χ2n) is 4.70. The van der Waals surface area contributed by atoms with Crippen LogP contribution in [-0.4, -0.2) is 35.3 Å². The summed E-state index contributed by atoms with van der Waals surface area (Å²) in [7, 11) is 5.72. The van der Waals surface area contributed by atoms with Gasteiger partial charge in [0.25, 0.3) is 0 Å². The van der Waals surface area contributed by atoms with Gasteiger partial charge in [-0.05, 0) is 25.3 Å². The molecule has 1 saturated heterocycles. The Balaban J connectivity index is 2.16. The van der Waals surface area contributed by atoms with Crippen LogP contribution in [0, 0.1) is 0 Å². The van der Waals surface area contributed by atoms with Crippen LogP contribution in [0.1, 0.15) is 36.0 Å². The van der Waals surface area contributed by atoms with Gasteiger partial charge in [0, 0.05) is 12.0 Å². The first-order valence-corrected chi connectivity index (χ1v) is 6.29. The van der Waals surface area contributed by atoms with Crippen molar-refractivity contribution in [2.75, 3.05) is 6.61 Å². The number of carboxylic acids is 1. The molecule has 2 aromatic rings. The minimum absolute atomic E-state index is 0.0245. The van der Waals surface area contributed by atoms with E-state index in [0.29, 0.717) is 17.5 Å². The first kappa shape index (κ1) is 12.2. The van der Waals surface area contributed by atoms with Crippen LogP contribution in [0.2, 0.25) is 0 Å². The van der Waals surface area contributed by atoms with Crippen LogP contribution >= 0.6 is 0 Å². The predicted octanol–water partition coefficient (Wildman–Crippen LogP) is 1.23. The van der Waals surface area contributed by atoms with Gasteiger partial charge < -0.3 is 9.84 Å². The highest BCUT2D eigenvalue weighted by molar-refractivity contribution is 6.33. The van der Waals surface area contributed by atoms with E-state index in [1.54, 1.807) is 22.9 Å². The molecule has 0 bridgehead atoms. The van der Waals surface area contributed by atoms with E-state index in [9.17, 15) is 9.90 Å². The Morgan fingerprint density at radius 2 is 2.32 bits per heavy atom. The average Bonchev–Trinajstić information content (AvgIpc) is 2.78. The van der Waals surface area contributed by atoms with Gasteiger partial charge in [-0.3, -0.25) is 0 Å². The molecule has 1 atom stereocenters. The van der Waals surface area contributed by atoms with Crippen LogP contribution in [0.15, 0.2) is 18.2 Å². The normalized spacial score (nSPS) is 19.7. The molecular formula is C13H13BN2O3. The lowest BCUT2D eigenvalue weighted by molar-refractivity contribution is -0.0368. The van der Waals surface area contributed by atoms with E-state index in [1.165, 1.54) is 0 Å². The molecule has 96 valence electrons. The van der Waals surface area contributed by atoms with Crippen molar-refractivity contribution < 1.29 is 14.6 Å². The molecule has 2 radical (unpaired) electrons. The summed E-state index contributed by atoms with van der Waals surface area (Å²) in [5.74, 6) is -1.05. The van der Waals surface area contributed by atoms with Crippen molar-refractivity contribution in [2.45, 2.75) is 25.5 Å². The van der Waals surface area contributed by atoms with Crippen LogP contribution in [0.3, 0.4) is 0 Å². The van der Waals surface area contributed by atoms with E-state index in [-0.39, 0.29) is 11.9 Å². The number of aromatic carboxylic acids is 1. The van der Waals surface area contributed by atoms with Gasteiger partial charge in [-0.25, -0.2) is 9.48 Å². The summed E-state index contributed by atoms with van der Waals surface area (Å²) >= 11 is 0. The molecule has 1 aromatic heterocycles. The summed E-state index contributed by atoms with van der Waals surface area (Å²) in [6.45, 7) is 0.684. The molecule has 1 N–H and O–H groups in total. The second-order valence-corrected chi connectivity index (χ2v) is 4.70. The van der Waals surface area contributed by atoms with Gasteiger partial charge in [0.1, 0.15) is 7.85 Å². The third-order valence-electron chi connectivity index (χ3n) is 3.36. The number of nitrogens with zero attached hydrogens (tertiary/aromatic N) is 2. The van der Waals surface area contributed by atoms with Crippen molar-refractivity contribution in [1.82, 2.24) is 9.78 Å². The molecule has 2 heterocycles. The molecule has 1 aromatic carbocycles. The summed E-state index contributed by atoms with van der Waals surface area (Å²) in [4.78, 5) is 11.3. The number of hydrogen-bond acceptors (Lipinski definition) is 3. The predicted molar refractivity (Wildman–Crippen MR) is 70.9 cm³/mol. The molecule has 0 spiro atoms. The first-order chi connectivity index (χ1) is 9.16. The smallest absolute Gasteiger partial charge is 0.357 e. The van der Waals surface area contributed by atoms with Gasteiger partial charge >= 0.3 is 5.97 Å². The molecule has 1 aliphatic rings. The van der Waals surface area contributed by atoms with Gasteiger partial charge in [0.15, 0.2) is 11.9 Å². The number of aromatic nitrogens is 2. The number of carbonyl (C=O) groups is 1. The quantitative estimate of drug-likeness (QED) is 0.820. The van der Waals surface area contributed by atoms with Gasteiger partial charge in [-0.15, -0.1) is 0 Å². The summed E-state index contributed by atoms with van der Waals surface area (Å²) in [6.07, 6.45) is 2.76. The minimum atomic E-state index is -1.05. The van der Waals surface area contributed by atoms with Gasteiger partial charge in [-0.1, -0.05) is 17.6 Å². The Morgan fingerprint density at radius 3 is 3.00 bits per heavy atom. The van der Waals surface area contributed by atoms with Crippen LogP contribution in [-0.2, 0) is 4.74 Å². The largest absolute Gasteiger partial charge is 0.476 e. The third-order valence-corrected chi connectivity index (χ3v) is 3.36. The number of hydrogen-bond donors (Lipinski definition) is 1. The minimum Gasteiger partial charge on any atom is -0.476 e. The lowest BCUT2D eigenvalue weighted by atomic mass is 9.94. The lowest BCUT2D eigenvalue weighted by Gasteiger charge is -2.23. The molecule has 1 aliphatic heterocycles. The highest BCUT2D eigenvalue weighted by Crippen LogP contribution is 2.27. The fourth-order valence-corrected chi connectivity index (χ4v) is 2.45. The maximum absolute atomic E-state index is 11.3. The van der Waals surface area contributed by atoms with Crippen LogP contribution in [0.4, 0.5) is 0 Å². The van der Waals surface area contributed by atoms with Crippen molar-refractivity contribution in [3.05, 3.63) is 23.9 Å². The molecule has 6 heteroatoms. The Bertz CT molecular complexity index is 632. The topological polar surface area (TPSA) is 64.3 Å². The van der Waals surface area contributed by atoms with Crippen molar-refractivity contribution in [3.63, 3.8) is 0 Å². The van der Waals surface area contributed by atoms with E-state index in [4.69, 9.17) is 12.6 Å². The van der Waals surface area contributed by atoms with Gasteiger partial charge in [0.2, 0.25) is 0 Å². The number of ether oxygens (including phenoxy) is 1. The SMILES string of the molecule is [B]c1ccc2c(c1)c(C(=O)O)nn2C1CCCCO1. The highest BCUT2D eigenvalue weighted by Gasteiger charge is 2.23. The molecule has 0 aliphatic carbocycles. The van der Waals surface area contributed by atoms with E-state index >= 15 is 0 Å². The average molecular weight is 256 g/mol. The Kier molecular flexibility index (Phi) is 3.02. The number of benzene rings is 1. The van der Waals surface area contributed by atoms with E-state index < -0.39 is 5.97 Å². The molecule has 1 fully saturated rings. The van der Waals surface area contributed by atoms with E-state index in [0.717, 1.165) is 24.8 Å². The number of carboxylic acid groups (broad SMARTS) is 1. The van der Waals surface area contributed by atoms with Crippen molar-refractivity contribution >= 4 is 30.2 Å². The van der Waals surface area contributed by atoms with Crippen LogP contribution < -0.4 is 5.46 Å². The van der Waals surface area contributed by atoms with Crippen molar-refractivity contribution in [3.8, 4) is 0 Å². The first-order valence-electron chi connectivity index (χ1n) is 6.29. The molecule has 3 rings (SSSR count). The molecule has 0 amide bonds. The van der Waals surface area contributed by atoms with Gasteiger partial charge in [0.05, 0.1) is 5.52 Å². The van der Waals surface area contributed by atoms with E-state index in [1.807, 2.05) is 0 Å². The summed E-state index contributed by atoms with van der Waals surface area (Å²) < 4.78 is 7.34. The Labute approximate surface area is 111 Å². The molecule has 5 nitrogen and oxygen atoms in total. The number of fused-ring (bicyclic) bond motifs is 1. The fourth-order valence-electron chi connectivity index (χ4n) is 2.45. The molecule has 19 heavy (non-hydrogen) atoms. The number of rotatable bonds is 2. The third kappa shape index (κ3) is 2.12. The molecule has 1 unspecified atom stereocenters. The zero-order chi connectivity index (χ0) is 13.4. The highest BCUT2D eigenvalue weighted by atomic mass is 16.5. The molecular weight excluding hydrogens is 243 g/mol. The second kappa shape index (κ2) is 4.70. The zero-order valence-corrected chi connectivity index (χ0v) is 10.4. The zero-order valence-electron chi connectivity index (χ0n) is 10.4. The van der Waals surface area contributed by atoms with Crippen molar-refractivity contribution in [1.29, 1.82) is 0 Å². The maximum Gasteiger partial charge on any atom is 0.357 e. The molecule has 0 saturated carbocycles. The Hall–Kier alpha value is -1.82. The lowest BCUT2D eigenvalue weighted by Crippen LogP contribution is -2.19. The Morgan fingerprint density at radius 1 is 1.47 bits per heavy atom. The summed E-state index contributed by atoms with van der Waals surface area (Å²) in [6, 6.07) is 5.18. The van der Waals surface area contributed by atoms with Crippen LogP contribution in [0.25, 0.3) is 10.9 Å².